The molecule has 0 amide bonds. The van der Waals surface area contributed by atoms with Gasteiger partial charge in [-0.1, -0.05) is 55.3 Å². The maximum absolute atomic E-state index is 2.41. The lowest BCUT2D eigenvalue weighted by molar-refractivity contribution is 0.344. The lowest BCUT2D eigenvalue weighted by Gasteiger charge is -2.20. The van der Waals surface area contributed by atoms with Crippen molar-refractivity contribution in [3.63, 3.8) is 0 Å². The molecular formula is C19H30. The molecule has 0 radical (unpaired) electrons. The van der Waals surface area contributed by atoms with Gasteiger partial charge in [0.1, 0.15) is 0 Å². The van der Waals surface area contributed by atoms with Crippen molar-refractivity contribution in [3.8, 4) is 0 Å². The Balaban J connectivity index is 2.33. The fourth-order valence-electron chi connectivity index (χ4n) is 2.30. The maximum atomic E-state index is 2.41. The third kappa shape index (κ3) is 6.09. The summed E-state index contributed by atoms with van der Waals surface area (Å²) < 4.78 is 0. The summed E-state index contributed by atoms with van der Waals surface area (Å²) in [6.07, 6.45) is 5.11. The van der Waals surface area contributed by atoms with Gasteiger partial charge in [-0.25, -0.2) is 0 Å². The zero-order valence-corrected chi connectivity index (χ0v) is 13.4. The summed E-state index contributed by atoms with van der Waals surface area (Å²) in [4.78, 5) is 0. The van der Waals surface area contributed by atoms with Crippen LogP contribution in [0.15, 0.2) is 41.5 Å². The number of hydrogen-bond donors (Lipinski definition) is 0. The van der Waals surface area contributed by atoms with Crippen LogP contribution in [0.3, 0.4) is 0 Å². The van der Waals surface area contributed by atoms with E-state index in [1.54, 1.807) is 5.57 Å². The van der Waals surface area contributed by atoms with Gasteiger partial charge in [0.15, 0.2) is 0 Å². The van der Waals surface area contributed by atoms with E-state index >= 15 is 0 Å². The zero-order valence-electron chi connectivity index (χ0n) is 13.4. The van der Waals surface area contributed by atoms with Crippen molar-refractivity contribution in [1.82, 2.24) is 0 Å². The number of benzene rings is 1. The molecule has 1 aromatic carbocycles. The Kier molecular flexibility index (Phi) is 6.91. The molecule has 0 aliphatic heterocycles. The first-order valence-corrected chi connectivity index (χ1v) is 7.67. The summed E-state index contributed by atoms with van der Waals surface area (Å²) in [5.74, 6) is 1.63. The Labute approximate surface area is 119 Å². The van der Waals surface area contributed by atoms with Crippen LogP contribution < -0.4 is 0 Å². The molecule has 2 unspecified atom stereocenters. The van der Waals surface area contributed by atoms with Gasteiger partial charge >= 0.3 is 0 Å². The number of rotatable bonds is 7. The second-order valence-corrected chi connectivity index (χ2v) is 6.30. The molecule has 0 bridgehead atoms. The molecule has 1 rings (SSSR count). The van der Waals surface area contributed by atoms with Crippen LogP contribution in [0, 0.1) is 11.8 Å². The van der Waals surface area contributed by atoms with Gasteiger partial charge in [0.05, 0.1) is 0 Å². The van der Waals surface area contributed by atoms with Gasteiger partial charge in [0.25, 0.3) is 0 Å². The summed E-state index contributed by atoms with van der Waals surface area (Å²) in [5, 5.41) is 0. The van der Waals surface area contributed by atoms with E-state index in [0.29, 0.717) is 0 Å². The predicted octanol–water partition coefficient (Wildman–Crippen LogP) is 6.03. The third-order valence-electron chi connectivity index (χ3n) is 4.53. The lowest BCUT2D eigenvalue weighted by atomic mass is 9.86. The fourth-order valence-corrected chi connectivity index (χ4v) is 2.30. The van der Waals surface area contributed by atoms with Gasteiger partial charge in [-0.2, -0.15) is 0 Å². The quantitative estimate of drug-likeness (QED) is 0.524. The Morgan fingerprint density at radius 2 is 1.47 bits per heavy atom. The molecule has 0 heterocycles. The molecular weight excluding hydrogens is 228 g/mol. The summed E-state index contributed by atoms with van der Waals surface area (Å²) in [5.41, 5.74) is 4.54. The molecule has 0 N–H and O–H groups in total. The maximum Gasteiger partial charge on any atom is -0.0276 e. The summed E-state index contributed by atoms with van der Waals surface area (Å²) >= 11 is 0. The highest BCUT2D eigenvalue weighted by Gasteiger charge is 2.12. The molecule has 106 valence electrons. The topological polar surface area (TPSA) is 0 Å². The first-order chi connectivity index (χ1) is 9.00. The highest BCUT2D eigenvalue weighted by molar-refractivity contribution is 5.14. The normalized spacial score (nSPS) is 13.9. The number of hydrogen-bond acceptors (Lipinski definition) is 0. The Hall–Kier alpha value is -1.04. The van der Waals surface area contributed by atoms with E-state index in [2.05, 4.69) is 65.0 Å². The second kappa shape index (κ2) is 8.19. The molecule has 0 heteroatoms. The van der Waals surface area contributed by atoms with Crippen LogP contribution >= 0.6 is 0 Å². The van der Waals surface area contributed by atoms with E-state index in [1.807, 2.05) is 0 Å². The largest absolute Gasteiger partial charge is 0.0775 e. The monoisotopic (exact) mass is 258 g/mol. The SMILES string of the molecule is CC(C)=C(C)CCC(C)C(C)CCc1ccccc1. The van der Waals surface area contributed by atoms with Gasteiger partial charge in [0, 0.05) is 0 Å². The summed E-state index contributed by atoms with van der Waals surface area (Å²) in [7, 11) is 0. The Bertz CT molecular complexity index is 382. The molecule has 0 fully saturated rings. The van der Waals surface area contributed by atoms with Gasteiger partial charge < -0.3 is 0 Å². The van der Waals surface area contributed by atoms with Crippen molar-refractivity contribution in [1.29, 1.82) is 0 Å². The molecule has 0 saturated heterocycles. The average Bonchev–Trinajstić information content (AvgIpc) is 2.42. The molecule has 0 nitrogen and oxygen atoms in total. The predicted molar refractivity (Wildman–Crippen MR) is 86.4 cm³/mol. The van der Waals surface area contributed by atoms with E-state index in [4.69, 9.17) is 0 Å². The molecule has 0 aliphatic rings. The van der Waals surface area contributed by atoms with Gasteiger partial charge in [-0.3, -0.25) is 0 Å². The zero-order chi connectivity index (χ0) is 14.3. The van der Waals surface area contributed by atoms with E-state index in [-0.39, 0.29) is 0 Å². The Morgan fingerprint density at radius 1 is 0.895 bits per heavy atom. The van der Waals surface area contributed by atoms with Crippen LogP contribution in [-0.2, 0) is 6.42 Å². The third-order valence-corrected chi connectivity index (χ3v) is 4.53. The van der Waals surface area contributed by atoms with Crippen LogP contribution in [0.1, 0.15) is 59.4 Å². The van der Waals surface area contributed by atoms with Crippen molar-refractivity contribution in [2.24, 2.45) is 11.8 Å². The van der Waals surface area contributed by atoms with Crippen molar-refractivity contribution in [2.75, 3.05) is 0 Å². The van der Waals surface area contributed by atoms with E-state index in [1.165, 1.54) is 36.8 Å². The van der Waals surface area contributed by atoms with Crippen LogP contribution in [-0.4, -0.2) is 0 Å². The minimum atomic E-state index is 0.810. The van der Waals surface area contributed by atoms with Crippen LogP contribution in [0.4, 0.5) is 0 Å². The van der Waals surface area contributed by atoms with Gasteiger partial charge in [-0.15, -0.1) is 0 Å². The van der Waals surface area contributed by atoms with Crippen molar-refractivity contribution in [3.05, 3.63) is 47.0 Å². The van der Waals surface area contributed by atoms with Crippen molar-refractivity contribution < 1.29 is 0 Å². The van der Waals surface area contributed by atoms with Crippen LogP contribution in [0.2, 0.25) is 0 Å². The van der Waals surface area contributed by atoms with E-state index < -0.39 is 0 Å². The lowest BCUT2D eigenvalue weighted by Crippen LogP contribution is -2.09. The molecule has 0 aliphatic carbocycles. The molecule has 0 saturated carbocycles. The van der Waals surface area contributed by atoms with Gasteiger partial charge in [-0.05, 0) is 63.9 Å². The standard InChI is InChI=1S/C19H30/c1-15(2)16(3)11-12-17(4)18(5)13-14-19-9-7-6-8-10-19/h6-10,17-18H,11-14H2,1-5H3. The highest BCUT2D eigenvalue weighted by Crippen LogP contribution is 2.24. The van der Waals surface area contributed by atoms with Crippen molar-refractivity contribution in [2.45, 2.75) is 60.3 Å². The molecule has 2 atom stereocenters. The van der Waals surface area contributed by atoms with E-state index in [9.17, 15) is 0 Å². The fraction of sp³-hybridized carbons (Fsp3) is 0.579. The van der Waals surface area contributed by atoms with E-state index in [0.717, 1.165) is 11.8 Å². The average molecular weight is 258 g/mol. The first-order valence-electron chi connectivity index (χ1n) is 7.67. The highest BCUT2D eigenvalue weighted by atomic mass is 14.2. The van der Waals surface area contributed by atoms with Crippen molar-refractivity contribution >= 4 is 0 Å². The summed E-state index contributed by atoms with van der Waals surface area (Å²) in [6.45, 7) is 11.5. The number of aryl methyl sites for hydroxylation is 1. The molecule has 1 aromatic rings. The minimum Gasteiger partial charge on any atom is -0.0775 e. The minimum absolute atomic E-state index is 0.810. The van der Waals surface area contributed by atoms with Gasteiger partial charge in [0.2, 0.25) is 0 Å². The number of allylic oxidation sites excluding steroid dienone is 2. The molecule has 0 aromatic heterocycles. The first kappa shape index (κ1) is 16.0. The van der Waals surface area contributed by atoms with Crippen LogP contribution in [0.25, 0.3) is 0 Å². The molecule has 19 heavy (non-hydrogen) atoms. The smallest absolute Gasteiger partial charge is 0.0276 e. The summed E-state index contributed by atoms with van der Waals surface area (Å²) in [6, 6.07) is 10.9. The Morgan fingerprint density at radius 3 is 2.05 bits per heavy atom. The van der Waals surface area contributed by atoms with Crippen LogP contribution in [0.5, 0.6) is 0 Å². The molecule has 0 spiro atoms. The second-order valence-electron chi connectivity index (χ2n) is 6.30.